The Morgan fingerprint density at radius 1 is 0.545 bits per heavy atom. The predicted octanol–water partition coefficient (Wildman–Crippen LogP) is 8.57. The largest absolute Gasteiger partial charge is 0.197 e. The van der Waals surface area contributed by atoms with Crippen molar-refractivity contribution in [2.24, 2.45) is 0 Å². The molecule has 0 aliphatic rings. The summed E-state index contributed by atoms with van der Waals surface area (Å²) in [6.07, 6.45) is 23.3. The molecule has 136 valence electrons. The van der Waals surface area contributed by atoms with Crippen molar-refractivity contribution < 1.29 is 0 Å². The van der Waals surface area contributed by atoms with Crippen LogP contribution in [-0.2, 0) is 0 Å². The first-order chi connectivity index (χ1) is 10.1. The second kappa shape index (κ2) is 18.4. The first-order valence-electron chi connectivity index (χ1n) is 9.75. The van der Waals surface area contributed by atoms with Crippen molar-refractivity contribution in [2.75, 3.05) is 0 Å². The molecule has 0 radical (unpaired) electrons. The summed E-state index contributed by atoms with van der Waals surface area (Å²) in [5, 5.41) is 0. The third-order valence-corrected chi connectivity index (χ3v) is 4.91. The number of rotatable bonds is 16. The quantitative estimate of drug-likeness (QED) is 0.128. The van der Waals surface area contributed by atoms with Crippen molar-refractivity contribution in [2.45, 2.75) is 127 Å². The zero-order chi connectivity index (χ0) is 15.8. The maximum Gasteiger partial charge on any atom is 0.0166 e. The zero-order valence-corrected chi connectivity index (χ0v) is 18.8. The summed E-state index contributed by atoms with van der Waals surface area (Å²) < 4.78 is 0.508. The summed E-state index contributed by atoms with van der Waals surface area (Å²) in [4.78, 5) is 0. The van der Waals surface area contributed by atoms with Crippen LogP contribution >= 0.6 is 36.1 Å². The molecule has 0 nitrogen and oxygen atoms in total. The molecule has 0 bridgehead atoms. The van der Waals surface area contributed by atoms with Gasteiger partial charge in [-0.2, -0.15) is 13.5 Å². The first kappa shape index (κ1) is 25.3. The number of alkyl halides is 1. The maximum absolute atomic E-state index is 2.58. The minimum Gasteiger partial charge on any atom is -0.197 e. The van der Waals surface area contributed by atoms with E-state index >= 15 is 0 Å². The number of unbranched alkanes of at least 4 members (excludes halogenated alkanes) is 14. The van der Waals surface area contributed by atoms with E-state index in [1.54, 1.807) is 0 Å². The van der Waals surface area contributed by atoms with Gasteiger partial charge in [-0.05, 0) is 6.42 Å². The third kappa shape index (κ3) is 23.3. The second-order valence-electron chi connectivity index (χ2n) is 7.42. The van der Waals surface area contributed by atoms with Gasteiger partial charge in [0, 0.05) is 3.42 Å². The van der Waals surface area contributed by atoms with Gasteiger partial charge in [0.15, 0.2) is 0 Å². The highest BCUT2D eigenvalue weighted by molar-refractivity contribution is 14.1. The molecule has 0 aromatic heterocycles. The van der Waals surface area contributed by atoms with Gasteiger partial charge in [0.1, 0.15) is 0 Å². The van der Waals surface area contributed by atoms with E-state index in [-0.39, 0.29) is 13.5 Å². The second-order valence-corrected chi connectivity index (χ2v) is 10.3. The molecule has 0 aliphatic heterocycles. The highest BCUT2D eigenvalue weighted by Crippen LogP contribution is 2.24. The summed E-state index contributed by atoms with van der Waals surface area (Å²) in [5.74, 6) is 0. The van der Waals surface area contributed by atoms with Crippen LogP contribution in [0.3, 0.4) is 0 Å². The molecule has 0 atom stereocenters. The van der Waals surface area contributed by atoms with E-state index in [1.165, 1.54) is 103 Å². The Balaban J connectivity index is 0. The Bertz CT molecular complexity index is 198. The molecule has 0 saturated heterocycles. The van der Waals surface area contributed by atoms with Gasteiger partial charge in [-0.15, -0.1) is 0 Å². The first-order valence-corrected chi connectivity index (χ1v) is 10.8. The lowest BCUT2D eigenvalue weighted by Crippen LogP contribution is -2.07. The molecule has 0 N–H and O–H groups in total. The molecule has 0 saturated carbocycles. The van der Waals surface area contributed by atoms with Crippen LogP contribution in [0.4, 0.5) is 0 Å². The molecule has 0 aliphatic carbocycles. The molecule has 0 heterocycles. The predicted molar refractivity (Wildman–Crippen MR) is 118 cm³/mol. The number of hydrogen-bond acceptors (Lipinski definition) is 0. The normalized spacial score (nSPS) is 11.5. The molecule has 0 unspecified atom stereocenters. The van der Waals surface area contributed by atoms with E-state index in [0.717, 1.165) is 0 Å². The van der Waals surface area contributed by atoms with Crippen molar-refractivity contribution in [3.8, 4) is 0 Å². The van der Waals surface area contributed by atoms with Gasteiger partial charge in [0.05, 0.1) is 0 Å². The Labute approximate surface area is 162 Å². The summed E-state index contributed by atoms with van der Waals surface area (Å²) in [7, 11) is 0. The van der Waals surface area contributed by atoms with Crippen LogP contribution in [0, 0.1) is 0 Å². The van der Waals surface area contributed by atoms with Crippen LogP contribution in [0.1, 0.15) is 124 Å². The SMILES string of the molecule is CCCCCCCCCCCCCCCCCC(C)(C)I.S. The molecule has 0 amide bonds. The topological polar surface area (TPSA) is 0 Å². The van der Waals surface area contributed by atoms with E-state index in [4.69, 9.17) is 0 Å². The highest BCUT2D eigenvalue weighted by Gasteiger charge is 2.10. The van der Waals surface area contributed by atoms with Crippen molar-refractivity contribution >= 4 is 36.1 Å². The minimum absolute atomic E-state index is 0. The van der Waals surface area contributed by atoms with Gasteiger partial charge in [-0.1, -0.05) is 140 Å². The Hall–Kier alpha value is 1.08. The van der Waals surface area contributed by atoms with E-state index in [2.05, 4.69) is 43.4 Å². The van der Waals surface area contributed by atoms with Gasteiger partial charge in [0.25, 0.3) is 0 Å². The van der Waals surface area contributed by atoms with Crippen LogP contribution in [0.5, 0.6) is 0 Å². The third-order valence-electron chi connectivity index (χ3n) is 4.37. The molecule has 0 fully saturated rings. The summed E-state index contributed by atoms with van der Waals surface area (Å²) in [5.41, 5.74) is 0. The highest BCUT2D eigenvalue weighted by atomic mass is 127. The molecule has 0 aromatic rings. The average Bonchev–Trinajstić information content (AvgIpc) is 2.42. The Morgan fingerprint density at radius 2 is 0.818 bits per heavy atom. The van der Waals surface area contributed by atoms with Gasteiger partial charge in [-0.25, -0.2) is 0 Å². The van der Waals surface area contributed by atoms with E-state index in [9.17, 15) is 0 Å². The lowest BCUT2D eigenvalue weighted by Gasteiger charge is -2.15. The zero-order valence-electron chi connectivity index (χ0n) is 15.7. The lowest BCUT2D eigenvalue weighted by atomic mass is 10.0. The van der Waals surface area contributed by atoms with Crippen molar-refractivity contribution in [1.82, 2.24) is 0 Å². The lowest BCUT2D eigenvalue weighted by molar-refractivity contribution is 0.521. The fourth-order valence-electron chi connectivity index (χ4n) is 2.92. The van der Waals surface area contributed by atoms with Gasteiger partial charge in [0.2, 0.25) is 0 Å². The molecular formula is C20H43IS. The van der Waals surface area contributed by atoms with E-state index < -0.39 is 0 Å². The van der Waals surface area contributed by atoms with E-state index in [0.29, 0.717) is 3.42 Å². The van der Waals surface area contributed by atoms with Crippen LogP contribution in [0.15, 0.2) is 0 Å². The average molecular weight is 443 g/mol. The van der Waals surface area contributed by atoms with Crippen LogP contribution < -0.4 is 0 Å². The summed E-state index contributed by atoms with van der Waals surface area (Å²) in [6, 6.07) is 0. The fourth-order valence-corrected chi connectivity index (χ4v) is 3.30. The molecule has 0 spiro atoms. The number of hydrogen-bond donors (Lipinski definition) is 0. The molecule has 0 rings (SSSR count). The Kier molecular flexibility index (Phi) is 21.2. The van der Waals surface area contributed by atoms with Crippen molar-refractivity contribution in [1.29, 1.82) is 0 Å². The molecule has 2 heteroatoms. The summed E-state index contributed by atoms with van der Waals surface area (Å²) in [6.45, 7) is 6.99. The molecule has 22 heavy (non-hydrogen) atoms. The van der Waals surface area contributed by atoms with Gasteiger partial charge >= 0.3 is 0 Å². The molecule has 0 aromatic carbocycles. The van der Waals surface area contributed by atoms with E-state index in [1.807, 2.05) is 0 Å². The van der Waals surface area contributed by atoms with Gasteiger partial charge < -0.3 is 0 Å². The van der Waals surface area contributed by atoms with Crippen LogP contribution in [0.25, 0.3) is 0 Å². The minimum atomic E-state index is 0. The van der Waals surface area contributed by atoms with Crippen LogP contribution in [0.2, 0.25) is 0 Å². The Morgan fingerprint density at radius 3 is 1.09 bits per heavy atom. The van der Waals surface area contributed by atoms with Crippen molar-refractivity contribution in [3.63, 3.8) is 0 Å². The van der Waals surface area contributed by atoms with Crippen molar-refractivity contribution in [3.05, 3.63) is 0 Å². The maximum atomic E-state index is 2.58. The monoisotopic (exact) mass is 442 g/mol. The fraction of sp³-hybridized carbons (Fsp3) is 1.00. The van der Waals surface area contributed by atoms with Gasteiger partial charge in [-0.3, -0.25) is 0 Å². The number of halogens is 1. The molecular weight excluding hydrogens is 399 g/mol. The standard InChI is InChI=1S/C20H41I.H2S/c1-4-5-6-7-8-9-10-11-12-13-14-15-16-17-18-19-20(2,3)21;/h4-19H2,1-3H3;1H2. The van der Waals surface area contributed by atoms with Crippen LogP contribution in [-0.4, -0.2) is 3.42 Å². The smallest absolute Gasteiger partial charge is 0.0166 e. The summed E-state index contributed by atoms with van der Waals surface area (Å²) >= 11 is 2.58.